The highest BCUT2D eigenvalue weighted by Crippen LogP contribution is 2.41. The lowest BCUT2D eigenvalue weighted by atomic mass is 9.79. The summed E-state index contributed by atoms with van der Waals surface area (Å²) in [5.74, 6) is 1.36. The van der Waals surface area contributed by atoms with Crippen LogP contribution in [0.1, 0.15) is 56.0 Å². The number of piperidine rings is 1. The summed E-state index contributed by atoms with van der Waals surface area (Å²) < 4.78 is 30.1. The zero-order chi connectivity index (χ0) is 22.2. The second-order valence-electron chi connectivity index (χ2n) is 9.19. The van der Waals surface area contributed by atoms with Crippen molar-refractivity contribution in [2.45, 2.75) is 62.8 Å². The first-order valence-corrected chi connectivity index (χ1v) is 12.6. The summed E-state index contributed by atoms with van der Waals surface area (Å²) in [7, 11) is 1.72. The molecule has 0 amide bonds. The SMILES string of the molecule is COC1CCCN(C(C2CCC(c3[nH]c(C)nc4cnc5nccc5c34)CC2)S(=O)[O-])C1. The molecule has 2 fully saturated rings. The highest BCUT2D eigenvalue weighted by atomic mass is 32.2. The van der Waals surface area contributed by atoms with E-state index < -0.39 is 16.5 Å². The first-order chi connectivity index (χ1) is 15.5. The summed E-state index contributed by atoms with van der Waals surface area (Å²) in [4.78, 5) is 19.1. The van der Waals surface area contributed by atoms with Crippen LogP contribution in [0.5, 0.6) is 0 Å². The number of nitrogens with zero attached hydrogens (tertiary/aromatic N) is 4. The van der Waals surface area contributed by atoms with Gasteiger partial charge in [0.15, 0.2) is 5.65 Å². The van der Waals surface area contributed by atoms with Gasteiger partial charge in [-0.3, -0.25) is 9.11 Å². The van der Waals surface area contributed by atoms with E-state index >= 15 is 0 Å². The van der Waals surface area contributed by atoms with Crippen LogP contribution in [-0.2, 0) is 15.8 Å². The van der Waals surface area contributed by atoms with Crippen LogP contribution in [0.25, 0.3) is 21.9 Å². The molecule has 0 aromatic carbocycles. The maximum absolute atomic E-state index is 12.3. The third kappa shape index (κ3) is 4.07. The van der Waals surface area contributed by atoms with Crippen molar-refractivity contribution in [1.82, 2.24) is 24.8 Å². The third-order valence-electron chi connectivity index (χ3n) is 7.27. The zero-order valence-corrected chi connectivity index (χ0v) is 19.4. The molecule has 3 unspecified atom stereocenters. The standard InChI is InChI=1S/C23H31N5O3S/c1-14-26-19-12-25-22-18(9-10-24-22)20(19)21(27-14)15-5-7-16(8-6-15)23(32(29)30)28-11-3-4-17(13-28)31-2/h9-10,12,15-17,23H,3-8,11,13H2,1-2H3,(H,26,27)(H,29,30)/p-1. The van der Waals surface area contributed by atoms with E-state index in [1.165, 1.54) is 5.69 Å². The Balaban J connectivity index is 1.39. The van der Waals surface area contributed by atoms with E-state index in [1.807, 2.05) is 13.0 Å². The lowest BCUT2D eigenvalue weighted by molar-refractivity contribution is 0.0147. The number of likely N-dealkylation sites (tertiary alicyclic amines) is 1. The van der Waals surface area contributed by atoms with Crippen molar-refractivity contribution in [3.05, 3.63) is 30.0 Å². The average molecular weight is 457 g/mol. The number of methoxy groups -OCH3 is 1. The van der Waals surface area contributed by atoms with Crippen LogP contribution >= 0.6 is 0 Å². The Bertz CT molecular complexity index is 1130. The van der Waals surface area contributed by atoms with E-state index in [4.69, 9.17) is 4.74 Å². The summed E-state index contributed by atoms with van der Waals surface area (Å²) >= 11 is -2.12. The number of ether oxygens (including phenoxy) is 1. The molecule has 1 N–H and O–H groups in total. The average Bonchev–Trinajstić information content (AvgIpc) is 3.28. The maximum atomic E-state index is 12.3. The number of aromatic nitrogens is 4. The number of rotatable bonds is 5. The molecule has 1 aliphatic carbocycles. The van der Waals surface area contributed by atoms with Gasteiger partial charge in [0.2, 0.25) is 0 Å². The van der Waals surface area contributed by atoms with E-state index in [0.717, 1.165) is 72.8 Å². The lowest BCUT2D eigenvalue weighted by Gasteiger charge is -2.44. The predicted octanol–water partition coefficient (Wildman–Crippen LogP) is 3.40. The Labute approximate surface area is 190 Å². The Hall–Kier alpha value is -1.94. The van der Waals surface area contributed by atoms with Gasteiger partial charge in [0.05, 0.1) is 23.2 Å². The van der Waals surface area contributed by atoms with Gasteiger partial charge < -0.3 is 14.3 Å². The number of pyridine rings is 1. The number of hydrogen-bond acceptors (Lipinski definition) is 7. The van der Waals surface area contributed by atoms with Crippen LogP contribution < -0.4 is 0 Å². The highest BCUT2D eigenvalue weighted by Gasteiger charge is 2.35. The first-order valence-electron chi connectivity index (χ1n) is 11.5. The minimum absolute atomic E-state index is 0.126. The van der Waals surface area contributed by atoms with Gasteiger partial charge in [-0.15, -0.1) is 0 Å². The van der Waals surface area contributed by atoms with Crippen LogP contribution in [0.2, 0.25) is 0 Å². The fraction of sp³-hybridized carbons (Fsp3) is 0.609. The van der Waals surface area contributed by atoms with Gasteiger partial charge in [0.25, 0.3) is 0 Å². The number of fused-ring (bicyclic) bond motifs is 3. The van der Waals surface area contributed by atoms with Gasteiger partial charge in [-0.25, -0.2) is 15.0 Å². The maximum Gasteiger partial charge on any atom is 0.159 e. The number of nitrogens with one attached hydrogen (secondary N) is 1. The van der Waals surface area contributed by atoms with Crippen molar-refractivity contribution in [2.24, 2.45) is 5.92 Å². The summed E-state index contributed by atoms with van der Waals surface area (Å²) in [5.41, 5.74) is 2.81. The minimum atomic E-state index is -2.12. The molecule has 0 spiro atoms. The molecule has 1 saturated heterocycles. The van der Waals surface area contributed by atoms with Gasteiger partial charge in [0, 0.05) is 36.3 Å². The summed E-state index contributed by atoms with van der Waals surface area (Å²) in [6.45, 7) is 3.50. The van der Waals surface area contributed by atoms with E-state index in [9.17, 15) is 8.76 Å². The van der Waals surface area contributed by atoms with Crippen LogP contribution in [-0.4, -0.2) is 65.3 Å². The molecule has 0 bridgehead atoms. The topological polar surface area (TPSA) is 107 Å². The van der Waals surface area contributed by atoms with Crippen LogP contribution in [0, 0.1) is 12.8 Å². The van der Waals surface area contributed by atoms with Gasteiger partial charge in [0.1, 0.15) is 5.82 Å². The quantitative estimate of drug-likeness (QED) is 0.586. The second kappa shape index (κ2) is 9.13. The zero-order valence-electron chi connectivity index (χ0n) is 18.6. The van der Waals surface area contributed by atoms with Crippen molar-refractivity contribution >= 4 is 33.0 Å². The number of aryl methyl sites for hydroxylation is 1. The Morgan fingerprint density at radius 1 is 1.25 bits per heavy atom. The Kier molecular flexibility index (Phi) is 6.24. The highest BCUT2D eigenvalue weighted by molar-refractivity contribution is 7.79. The van der Waals surface area contributed by atoms with Crippen molar-refractivity contribution in [2.75, 3.05) is 20.2 Å². The molecule has 1 saturated carbocycles. The molecular weight excluding hydrogens is 426 g/mol. The molecule has 3 aromatic rings. The van der Waals surface area contributed by atoms with Crippen molar-refractivity contribution in [1.29, 1.82) is 0 Å². The third-order valence-corrected chi connectivity index (χ3v) is 8.35. The van der Waals surface area contributed by atoms with Gasteiger partial charge in [-0.05, 0) is 81.0 Å². The molecule has 172 valence electrons. The summed E-state index contributed by atoms with van der Waals surface area (Å²) in [6.07, 6.45) is 9.39. The smallest absolute Gasteiger partial charge is 0.159 e. The molecule has 8 nitrogen and oxygen atoms in total. The van der Waals surface area contributed by atoms with Crippen LogP contribution in [0.4, 0.5) is 0 Å². The van der Waals surface area contributed by atoms with Gasteiger partial charge in [-0.1, -0.05) is 0 Å². The van der Waals surface area contributed by atoms with Crippen LogP contribution in [0.3, 0.4) is 0 Å². The Morgan fingerprint density at radius 3 is 2.81 bits per heavy atom. The molecular formula is C23H30N5O3S-. The van der Waals surface area contributed by atoms with Crippen molar-refractivity contribution < 1.29 is 13.5 Å². The Morgan fingerprint density at radius 2 is 2.06 bits per heavy atom. The van der Waals surface area contributed by atoms with Crippen molar-refractivity contribution in [3.8, 4) is 0 Å². The molecule has 2 aliphatic rings. The molecule has 32 heavy (non-hydrogen) atoms. The molecule has 3 atom stereocenters. The molecule has 1 aliphatic heterocycles. The molecule has 5 rings (SSSR count). The number of H-pyrrole nitrogens is 1. The van der Waals surface area contributed by atoms with E-state index in [1.54, 1.807) is 19.5 Å². The first kappa shape index (κ1) is 21.9. The van der Waals surface area contributed by atoms with E-state index in [-0.39, 0.29) is 12.0 Å². The summed E-state index contributed by atoms with van der Waals surface area (Å²) in [5, 5.41) is 1.70. The van der Waals surface area contributed by atoms with Gasteiger partial charge in [-0.2, -0.15) is 0 Å². The fourth-order valence-corrected chi connectivity index (χ4v) is 6.77. The second-order valence-corrected chi connectivity index (χ2v) is 10.2. The normalized spacial score (nSPS) is 27.0. The number of aromatic amines is 1. The van der Waals surface area contributed by atoms with Gasteiger partial charge >= 0.3 is 0 Å². The monoisotopic (exact) mass is 456 g/mol. The van der Waals surface area contributed by atoms with Crippen LogP contribution in [0.15, 0.2) is 18.5 Å². The van der Waals surface area contributed by atoms with Crippen molar-refractivity contribution in [3.63, 3.8) is 0 Å². The lowest BCUT2D eigenvalue weighted by Crippen LogP contribution is -2.50. The van der Waals surface area contributed by atoms with E-state index in [0.29, 0.717) is 12.5 Å². The predicted molar refractivity (Wildman–Crippen MR) is 123 cm³/mol. The summed E-state index contributed by atoms with van der Waals surface area (Å²) in [6, 6.07) is 2.00. The molecule has 0 radical (unpaired) electrons. The minimum Gasteiger partial charge on any atom is -0.771 e. The molecule has 9 heteroatoms. The van der Waals surface area contributed by atoms with E-state index in [2.05, 4.69) is 24.8 Å². The molecule has 4 heterocycles. The number of hydrogen-bond donors (Lipinski definition) is 1. The largest absolute Gasteiger partial charge is 0.771 e. The molecule has 3 aromatic heterocycles. The fourth-order valence-electron chi connectivity index (χ4n) is 5.75.